The van der Waals surface area contributed by atoms with Crippen LogP contribution in [0.25, 0.3) is 0 Å². The Morgan fingerprint density at radius 3 is 2.04 bits per heavy atom. The molecule has 27 heavy (non-hydrogen) atoms. The number of benzene rings is 2. The van der Waals surface area contributed by atoms with E-state index in [2.05, 4.69) is 5.32 Å². The molecular weight excluding hydrogens is 378 g/mol. The molecule has 0 aliphatic heterocycles. The molecule has 0 fully saturated rings. The zero-order valence-electron chi connectivity index (χ0n) is 13.8. The standard InChI is InChI=1S/C17H14F6N2O2/c1-27-14-5-3-2-4-10(14)9-24-15(26)25-13-7-11(16(18,19)20)6-12(8-13)17(21,22)23/h2-8H,9H2,1H3,(H2,24,25,26). The van der Waals surface area contributed by atoms with Gasteiger partial charge in [0.05, 0.1) is 18.2 Å². The van der Waals surface area contributed by atoms with Crippen molar-refractivity contribution in [3.8, 4) is 5.75 Å². The minimum Gasteiger partial charge on any atom is -0.496 e. The van der Waals surface area contributed by atoms with Crippen LogP contribution in [-0.2, 0) is 18.9 Å². The van der Waals surface area contributed by atoms with Crippen molar-refractivity contribution in [2.24, 2.45) is 0 Å². The second-order valence-corrected chi connectivity index (χ2v) is 5.41. The van der Waals surface area contributed by atoms with Crippen molar-refractivity contribution in [3.05, 3.63) is 59.2 Å². The summed E-state index contributed by atoms with van der Waals surface area (Å²) in [5, 5.41) is 4.33. The largest absolute Gasteiger partial charge is 0.496 e. The number of nitrogens with one attached hydrogen (secondary N) is 2. The number of halogens is 6. The monoisotopic (exact) mass is 392 g/mol. The van der Waals surface area contributed by atoms with Crippen LogP contribution in [0, 0.1) is 0 Å². The number of alkyl halides is 6. The second-order valence-electron chi connectivity index (χ2n) is 5.41. The van der Waals surface area contributed by atoms with Crippen LogP contribution >= 0.6 is 0 Å². The summed E-state index contributed by atoms with van der Waals surface area (Å²) in [7, 11) is 1.42. The van der Waals surface area contributed by atoms with Gasteiger partial charge < -0.3 is 15.4 Å². The van der Waals surface area contributed by atoms with Gasteiger partial charge in [0, 0.05) is 17.8 Å². The number of amides is 2. The van der Waals surface area contributed by atoms with Crippen molar-refractivity contribution >= 4 is 11.7 Å². The molecule has 4 nitrogen and oxygen atoms in total. The first-order valence-corrected chi connectivity index (χ1v) is 7.47. The molecule has 0 aromatic heterocycles. The maximum absolute atomic E-state index is 12.8. The fraction of sp³-hybridized carbons (Fsp3) is 0.235. The van der Waals surface area contributed by atoms with E-state index in [9.17, 15) is 31.1 Å². The number of carbonyl (C=O) groups is 1. The third-order valence-electron chi connectivity index (χ3n) is 3.48. The lowest BCUT2D eigenvalue weighted by Crippen LogP contribution is -2.28. The van der Waals surface area contributed by atoms with Crippen molar-refractivity contribution in [1.82, 2.24) is 5.32 Å². The summed E-state index contributed by atoms with van der Waals surface area (Å²) in [6.07, 6.45) is -9.99. The summed E-state index contributed by atoms with van der Waals surface area (Å²) in [5.74, 6) is 0.469. The Morgan fingerprint density at radius 1 is 0.963 bits per heavy atom. The third kappa shape index (κ3) is 5.53. The predicted molar refractivity (Wildman–Crippen MR) is 85.3 cm³/mol. The molecule has 0 saturated heterocycles. The van der Waals surface area contributed by atoms with Gasteiger partial charge in [0.1, 0.15) is 5.75 Å². The van der Waals surface area contributed by atoms with Crippen LogP contribution in [-0.4, -0.2) is 13.1 Å². The van der Waals surface area contributed by atoms with Gasteiger partial charge in [-0.15, -0.1) is 0 Å². The molecule has 0 bridgehead atoms. The molecule has 2 N–H and O–H groups in total. The molecule has 2 rings (SSSR count). The summed E-state index contributed by atoms with van der Waals surface area (Å²) in [4.78, 5) is 11.9. The normalized spacial score (nSPS) is 11.8. The molecule has 0 unspecified atom stereocenters. The van der Waals surface area contributed by atoms with Gasteiger partial charge in [-0.25, -0.2) is 4.79 Å². The first-order chi connectivity index (χ1) is 12.5. The zero-order valence-corrected chi connectivity index (χ0v) is 13.8. The van der Waals surface area contributed by atoms with Crippen molar-refractivity contribution in [1.29, 1.82) is 0 Å². The van der Waals surface area contributed by atoms with Gasteiger partial charge in [0.25, 0.3) is 0 Å². The maximum atomic E-state index is 12.8. The minimum absolute atomic E-state index is 0.0160. The Labute approximate surface area is 150 Å². The van der Waals surface area contributed by atoms with Gasteiger partial charge in [-0.05, 0) is 24.3 Å². The van der Waals surface area contributed by atoms with Crippen LogP contribution in [0.1, 0.15) is 16.7 Å². The molecule has 0 atom stereocenters. The Hall–Kier alpha value is -2.91. The van der Waals surface area contributed by atoms with Crippen LogP contribution in [0.3, 0.4) is 0 Å². The zero-order chi connectivity index (χ0) is 20.2. The first-order valence-electron chi connectivity index (χ1n) is 7.47. The highest BCUT2D eigenvalue weighted by molar-refractivity contribution is 5.89. The average Bonchev–Trinajstić information content (AvgIpc) is 2.58. The van der Waals surface area contributed by atoms with Crippen molar-refractivity contribution < 1.29 is 35.9 Å². The van der Waals surface area contributed by atoms with E-state index in [4.69, 9.17) is 4.74 Å². The number of carbonyl (C=O) groups excluding carboxylic acids is 1. The van der Waals surface area contributed by atoms with E-state index in [-0.39, 0.29) is 12.6 Å². The number of hydrogen-bond acceptors (Lipinski definition) is 2. The van der Waals surface area contributed by atoms with Gasteiger partial charge in [0.15, 0.2) is 0 Å². The first kappa shape index (κ1) is 20.4. The lowest BCUT2D eigenvalue weighted by Gasteiger charge is -2.15. The van der Waals surface area contributed by atoms with Crippen LogP contribution in [0.4, 0.5) is 36.8 Å². The van der Waals surface area contributed by atoms with E-state index in [0.717, 1.165) is 0 Å². The van der Waals surface area contributed by atoms with Crippen LogP contribution in [0.5, 0.6) is 5.75 Å². The molecule has 0 spiro atoms. The number of anilines is 1. The second kappa shape index (κ2) is 7.77. The van der Waals surface area contributed by atoms with Gasteiger partial charge in [-0.3, -0.25) is 0 Å². The van der Waals surface area contributed by atoms with Gasteiger partial charge in [-0.1, -0.05) is 18.2 Å². The molecule has 0 heterocycles. The summed E-state index contributed by atoms with van der Waals surface area (Å²) < 4.78 is 82.0. The summed E-state index contributed by atoms with van der Waals surface area (Å²) in [5.41, 5.74) is -3.08. The van der Waals surface area contributed by atoms with Gasteiger partial charge in [-0.2, -0.15) is 26.3 Å². The molecule has 0 aliphatic carbocycles. The van der Waals surface area contributed by atoms with E-state index >= 15 is 0 Å². The molecule has 10 heteroatoms. The van der Waals surface area contributed by atoms with Crippen molar-refractivity contribution in [2.45, 2.75) is 18.9 Å². The van der Waals surface area contributed by atoms with E-state index < -0.39 is 35.2 Å². The average molecular weight is 392 g/mol. The Balaban J connectivity index is 2.17. The fourth-order valence-electron chi connectivity index (χ4n) is 2.23. The SMILES string of the molecule is COc1ccccc1CNC(=O)Nc1cc(C(F)(F)F)cc(C(F)(F)F)c1. The smallest absolute Gasteiger partial charge is 0.416 e. The fourth-order valence-corrected chi connectivity index (χ4v) is 2.23. The number of rotatable bonds is 4. The molecule has 0 saturated carbocycles. The highest BCUT2D eigenvalue weighted by Crippen LogP contribution is 2.37. The molecular formula is C17H14F6N2O2. The van der Waals surface area contributed by atoms with E-state index in [1.165, 1.54) is 7.11 Å². The van der Waals surface area contributed by atoms with E-state index in [1.807, 2.05) is 5.32 Å². The Bertz CT molecular complexity index is 786. The number of para-hydroxylation sites is 1. The summed E-state index contributed by atoms with van der Waals surface area (Å²) in [6.45, 7) is -0.0407. The van der Waals surface area contributed by atoms with Crippen LogP contribution in [0.2, 0.25) is 0 Å². The van der Waals surface area contributed by atoms with E-state index in [0.29, 0.717) is 23.4 Å². The Kier molecular flexibility index (Phi) is 5.87. The molecule has 2 aromatic carbocycles. The molecule has 0 radical (unpaired) electrons. The number of methoxy groups -OCH3 is 1. The molecule has 146 valence electrons. The van der Waals surface area contributed by atoms with Crippen molar-refractivity contribution in [3.63, 3.8) is 0 Å². The van der Waals surface area contributed by atoms with E-state index in [1.54, 1.807) is 24.3 Å². The number of ether oxygens (including phenoxy) is 1. The van der Waals surface area contributed by atoms with Crippen LogP contribution < -0.4 is 15.4 Å². The van der Waals surface area contributed by atoms with Crippen LogP contribution in [0.15, 0.2) is 42.5 Å². The lowest BCUT2D eigenvalue weighted by atomic mass is 10.1. The molecule has 2 aromatic rings. The topological polar surface area (TPSA) is 50.4 Å². The van der Waals surface area contributed by atoms with Gasteiger partial charge >= 0.3 is 18.4 Å². The summed E-state index contributed by atoms with van der Waals surface area (Å²) in [6, 6.07) is 6.54. The number of urea groups is 1. The summed E-state index contributed by atoms with van der Waals surface area (Å²) >= 11 is 0. The minimum atomic E-state index is -4.99. The quantitative estimate of drug-likeness (QED) is 0.715. The highest BCUT2D eigenvalue weighted by atomic mass is 19.4. The number of hydrogen-bond donors (Lipinski definition) is 2. The Morgan fingerprint density at radius 2 is 1.52 bits per heavy atom. The molecule has 0 aliphatic rings. The highest BCUT2D eigenvalue weighted by Gasteiger charge is 2.37. The lowest BCUT2D eigenvalue weighted by molar-refractivity contribution is -0.143. The van der Waals surface area contributed by atoms with Crippen molar-refractivity contribution in [2.75, 3.05) is 12.4 Å². The predicted octanol–water partition coefficient (Wildman–Crippen LogP) is 5.05. The maximum Gasteiger partial charge on any atom is 0.416 e. The van der Waals surface area contributed by atoms with Gasteiger partial charge in [0.2, 0.25) is 0 Å². The third-order valence-corrected chi connectivity index (χ3v) is 3.48. The molecule has 2 amide bonds.